The van der Waals surface area contributed by atoms with Crippen LogP contribution in [0.25, 0.3) is 0 Å². The molecule has 2 unspecified atom stereocenters. The smallest absolute Gasteiger partial charge is 0.407 e. The molecule has 2 heterocycles. The van der Waals surface area contributed by atoms with Gasteiger partial charge in [0.25, 0.3) is 0 Å². The molecule has 0 bridgehead atoms. The van der Waals surface area contributed by atoms with E-state index in [0.29, 0.717) is 12.0 Å². The SMILES string of the molecule is CCNC(=NCC(C(C)C)N1CCOCC1)N1CCC(NC(=O)OC(C)(C)C)C1.I. The van der Waals surface area contributed by atoms with Crippen LogP contribution in [0.2, 0.25) is 0 Å². The molecule has 2 atom stereocenters. The summed E-state index contributed by atoms with van der Waals surface area (Å²) in [5.41, 5.74) is -0.482. The van der Waals surface area contributed by atoms with Crippen LogP contribution in [0.3, 0.4) is 0 Å². The molecular weight excluding hydrogens is 497 g/mol. The number of hydrogen-bond acceptors (Lipinski definition) is 5. The van der Waals surface area contributed by atoms with Gasteiger partial charge in [0.15, 0.2) is 5.96 Å². The normalized spacial score (nSPS) is 21.9. The fourth-order valence-electron chi connectivity index (χ4n) is 3.81. The lowest BCUT2D eigenvalue weighted by atomic mass is 10.0. The van der Waals surface area contributed by atoms with Gasteiger partial charge in [-0.05, 0) is 40.0 Å². The molecule has 0 aromatic rings. The molecule has 2 N–H and O–H groups in total. The van der Waals surface area contributed by atoms with Gasteiger partial charge in [0, 0.05) is 38.8 Å². The number of nitrogens with zero attached hydrogens (tertiary/aromatic N) is 3. The summed E-state index contributed by atoms with van der Waals surface area (Å²) in [6.45, 7) is 19.0. The third-order valence-corrected chi connectivity index (χ3v) is 5.26. The molecule has 0 aromatic carbocycles. The number of rotatable bonds is 6. The van der Waals surface area contributed by atoms with Crippen LogP contribution < -0.4 is 10.6 Å². The number of carbonyl (C=O) groups excluding carboxylic acids is 1. The predicted molar refractivity (Wildman–Crippen MR) is 132 cm³/mol. The highest BCUT2D eigenvalue weighted by Crippen LogP contribution is 2.15. The van der Waals surface area contributed by atoms with Crippen molar-refractivity contribution in [2.75, 3.05) is 52.5 Å². The molecule has 2 rings (SSSR count). The molecule has 9 heteroatoms. The molecule has 0 spiro atoms. The minimum absolute atomic E-state index is 0. The van der Waals surface area contributed by atoms with Crippen LogP contribution in [0, 0.1) is 5.92 Å². The van der Waals surface area contributed by atoms with E-state index in [-0.39, 0.29) is 36.1 Å². The predicted octanol–water partition coefficient (Wildman–Crippen LogP) is 2.53. The Kier molecular flexibility index (Phi) is 11.7. The summed E-state index contributed by atoms with van der Waals surface area (Å²) < 4.78 is 10.9. The summed E-state index contributed by atoms with van der Waals surface area (Å²) >= 11 is 0. The second kappa shape index (κ2) is 12.9. The first-order valence-electron chi connectivity index (χ1n) is 11.0. The van der Waals surface area contributed by atoms with Crippen LogP contribution in [0.5, 0.6) is 0 Å². The summed E-state index contributed by atoms with van der Waals surface area (Å²) in [5, 5.41) is 6.41. The molecule has 2 aliphatic heterocycles. The van der Waals surface area contributed by atoms with Gasteiger partial charge < -0.3 is 25.0 Å². The van der Waals surface area contributed by atoms with Crippen LogP contribution in [0.15, 0.2) is 4.99 Å². The number of morpholine rings is 1. The van der Waals surface area contributed by atoms with E-state index in [9.17, 15) is 4.79 Å². The molecule has 8 nitrogen and oxygen atoms in total. The second-order valence-electron chi connectivity index (χ2n) is 9.23. The van der Waals surface area contributed by atoms with Crippen LogP contribution in [0.4, 0.5) is 4.79 Å². The van der Waals surface area contributed by atoms with E-state index in [1.54, 1.807) is 0 Å². The Morgan fingerprint density at radius 3 is 2.47 bits per heavy atom. The number of aliphatic imine (C=N–C) groups is 1. The second-order valence-corrected chi connectivity index (χ2v) is 9.23. The van der Waals surface area contributed by atoms with E-state index < -0.39 is 5.60 Å². The maximum atomic E-state index is 12.1. The van der Waals surface area contributed by atoms with Crippen molar-refractivity contribution in [2.24, 2.45) is 10.9 Å². The lowest BCUT2D eigenvalue weighted by Gasteiger charge is -2.36. The quantitative estimate of drug-likeness (QED) is 0.307. The van der Waals surface area contributed by atoms with Gasteiger partial charge in [-0.1, -0.05) is 13.8 Å². The van der Waals surface area contributed by atoms with E-state index in [2.05, 4.69) is 41.2 Å². The zero-order valence-corrected chi connectivity index (χ0v) is 21.9. The van der Waals surface area contributed by atoms with Gasteiger partial charge in [-0.3, -0.25) is 9.89 Å². The molecule has 2 saturated heterocycles. The molecule has 2 aliphatic rings. The average Bonchev–Trinajstić information content (AvgIpc) is 3.08. The number of halogens is 1. The van der Waals surface area contributed by atoms with E-state index in [0.717, 1.165) is 64.9 Å². The Labute approximate surface area is 199 Å². The number of nitrogens with one attached hydrogen (secondary N) is 2. The van der Waals surface area contributed by atoms with Crippen LogP contribution in [-0.4, -0.2) is 92.0 Å². The molecule has 1 amide bonds. The average molecular weight is 540 g/mol. The van der Waals surface area contributed by atoms with Gasteiger partial charge in [0.2, 0.25) is 0 Å². The first-order valence-corrected chi connectivity index (χ1v) is 11.0. The Balaban J connectivity index is 0.00000450. The van der Waals surface area contributed by atoms with Gasteiger partial charge in [-0.2, -0.15) is 0 Å². The van der Waals surface area contributed by atoms with Crippen molar-refractivity contribution < 1.29 is 14.3 Å². The van der Waals surface area contributed by atoms with Gasteiger partial charge in [-0.25, -0.2) is 4.79 Å². The van der Waals surface area contributed by atoms with Gasteiger partial charge in [0.1, 0.15) is 5.60 Å². The number of guanidine groups is 1. The fraction of sp³-hybridized carbons (Fsp3) is 0.905. The molecule has 2 fully saturated rings. The summed E-state index contributed by atoms with van der Waals surface area (Å²) in [4.78, 5) is 21.8. The number of likely N-dealkylation sites (tertiary alicyclic amines) is 1. The fourth-order valence-corrected chi connectivity index (χ4v) is 3.81. The van der Waals surface area contributed by atoms with Crippen molar-refractivity contribution in [2.45, 2.75) is 65.6 Å². The van der Waals surface area contributed by atoms with Crippen molar-refractivity contribution in [3.05, 3.63) is 0 Å². The Morgan fingerprint density at radius 2 is 1.90 bits per heavy atom. The van der Waals surface area contributed by atoms with E-state index in [1.807, 2.05) is 20.8 Å². The monoisotopic (exact) mass is 539 g/mol. The van der Waals surface area contributed by atoms with Gasteiger partial charge in [0.05, 0.1) is 25.8 Å². The van der Waals surface area contributed by atoms with Crippen molar-refractivity contribution in [1.29, 1.82) is 0 Å². The zero-order chi connectivity index (χ0) is 21.4. The lowest BCUT2D eigenvalue weighted by molar-refractivity contribution is 0.00863. The molecule has 30 heavy (non-hydrogen) atoms. The Bertz CT molecular complexity index is 547. The Hall–Kier alpha value is -0.810. The van der Waals surface area contributed by atoms with Crippen molar-refractivity contribution in [3.63, 3.8) is 0 Å². The third kappa shape index (κ3) is 9.13. The van der Waals surface area contributed by atoms with Gasteiger partial charge >= 0.3 is 6.09 Å². The first kappa shape index (κ1) is 27.2. The number of ether oxygens (including phenoxy) is 2. The van der Waals surface area contributed by atoms with E-state index >= 15 is 0 Å². The summed E-state index contributed by atoms with van der Waals surface area (Å²) in [6, 6.07) is 0.486. The summed E-state index contributed by atoms with van der Waals surface area (Å²) in [6.07, 6.45) is 0.541. The zero-order valence-electron chi connectivity index (χ0n) is 19.6. The van der Waals surface area contributed by atoms with Crippen LogP contribution in [-0.2, 0) is 9.47 Å². The number of amides is 1. The highest BCUT2D eigenvalue weighted by atomic mass is 127. The first-order chi connectivity index (χ1) is 13.7. The number of carbonyl (C=O) groups is 1. The molecule has 0 aromatic heterocycles. The van der Waals surface area contributed by atoms with Crippen LogP contribution >= 0.6 is 24.0 Å². The third-order valence-electron chi connectivity index (χ3n) is 5.26. The molecular formula is C21H42IN5O3. The topological polar surface area (TPSA) is 78.4 Å². The summed E-state index contributed by atoms with van der Waals surface area (Å²) in [5.74, 6) is 1.46. The lowest BCUT2D eigenvalue weighted by Crippen LogP contribution is -2.48. The van der Waals surface area contributed by atoms with Gasteiger partial charge in [-0.15, -0.1) is 24.0 Å². The minimum Gasteiger partial charge on any atom is -0.444 e. The number of hydrogen-bond donors (Lipinski definition) is 2. The highest BCUT2D eigenvalue weighted by Gasteiger charge is 2.29. The van der Waals surface area contributed by atoms with Crippen molar-refractivity contribution in [3.8, 4) is 0 Å². The number of alkyl carbamates (subject to hydrolysis) is 1. The minimum atomic E-state index is -0.482. The van der Waals surface area contributed by atoms with Crippen LogP contribution in [0.1, 0.15) is 48.0 Å². The van der Waals surface area contributed by atoms with E-state index in [1.165, 1.54) is 0 Å². The largest absolute Gasteiger partial charge is 0.444 e. The molecule has 0 radical (unpaired) electrons. The summed E-state index contributed by atoms with van der Waals surface area (Å²) in [7, 11) is 0. The maximum Gasteiger partial charge on any atom is 0.407 e. The highest BCUT2D eigenvalue weighted by molar-refractivity contribution is 14.0. The molecule has 0 saturated carbocycles. The molecule has 176 valence electrons. The Morgan fingerprint density at radius 1 is 1.23 bits per heavy atom. The van der Waals surface area contributed by atoms with Crippen molar-refractivity contribution >= 4 is 36.0 Å². The van der Waals surface area contributed by atoms with E-state index in [4.69, 9.17) is 14.5 Å². The standard InChI is InChI=1S/C21H41N5O3.HI/c1-7-22-19(23-14-18(16(2)3)25-10-12-28-13-11-25)26-9-8-17(15-26)24-20(27)29-21(4,5)6;/h16-18H,7-15H2,1-6H3,(H,22,23)(H,24,27);1H. The maximum absolute atomic E-state index is 12.1. The van der Waals surface area contributed by atoms with Crippen molar-refractivity contribution in [1.82, 2.24) is 20.4 Å². The molecule has 0 aliphatic carbocycles.